The topological polar surface area (TPSA) is 72.2 Å². The molecule has 1 aliphatic rings. The number of rotatable bonds is 1. The van der Waals surface area contributed by atoms with Gasteiger partial charge in [0, 0.05) is 6.54 Å². The highest BCUT2D eigenvalue weighted by molar-refractivity contribution is 7.89. The van der Waals surface area contributed by atoms with Crippen molar-refractivity contribution in [3.8, 4) is 0 Å². The molecule has 2 rings (SSSR count). The van der Waals surface area contributed by atoms with E-state index in [9.17, 15) is 8.42 Å². The van der Waals surface area contributed by atoms with E-state index in [0.717, 1.165) is 18.5 Å². The third kappa shape index (κ3) is 1.98. The fourth-order valence-corrected chi connectivity index (χ4v) is 2.66. The molecule has 0 saturated heterocycles. The molecule has 1 aromatic rings. The van der Waals surface area contributed by atoms with Crippen LogP contribution in [0.25, 0.3) is 0 Å². The van der Waals surface area contributed by atoms with Crippen LogP contribution in [0, 0.1) is 5.92 Å². The van der Waals surface area contributed by atoms with Crippen molar-refractivity contribution in [2.45, 2.75) is 18.2 Å². The van der Waals surface area contributed by atoms with Crippen molar-refractivity contribution in [3.63, 3.8) is 0 Å². The highest BCUT2D eigenvalue weighted by Gasteiger charge is 2.21. The van der Waals surface area contributed by atoms with Gasteiger partial charge in [-0.3, -0.25) is 0 Å². The Balaban J connectivity index is 2.56. The first-order valence-electron chi connectivity index (χ1n) is 4.87. The van der Waals surface area contributed by atoms with E-state index in [-0.39, 0.29) is 4.90 Å². The van der Waals surface area contributed by atoms with E-state index in [4.69, 9.17) is 5.14 Å². The second kappa shape index (κ2) is 3.50. The number of fused-ring (bicyclic) bond motifs is 1. The van der Waals surface area contributed by atoms with Gasteiger partial charge in [0.1, 0.15) is 4.90 Å². The maximum absolute atomic E-state index is 11.3. The molecule has 0 fully saturated rings. The summed E-state index contributed by atoms with van der Waals surface area (Å²) >= 11 is 0. The molecular formula is C10H14N2O2S. The number of nitrogens with two attached hydrogens (primary N) is 1. The van der Waals surface area contributed by atoms with Gasteiger partial charge in [-0.1, -0.05) is 19.1 Å². The molecule has 82 valence electrons. The molecule has 5 heteroatoms. The Hall–Kier alpha value is -1.07. The molecule has 1 heterocycles. The van der Waals surface area contributed by atoms with Gasteiger partial charge in [-0.15, -0.1) is 0 Å². The summed E-state index contributed by atoms with van der Waals surface area (Å²) < 4.78 is 22.6. The van der Waals surface area contributed by atoms with E-state index in [1.165, 1.54) is 6.07 Å². The lowest BCUT2D eigenvalue weighted by atomic mass is 9.96. The van der Waals surface area contributed by atoms with Gasteiger partial charge in [-0.25, -0.2) is 13.6 Å². The average molecular weight is 226 g/mol. The molecule has 0 saturated carbocycles. The van der Waals surface area contributed by atoms with Gasteiger partial charge in [-0.05, 0) is 24.0 Å². The average Bonchev–Trinajstić information content (AvgIpc) is 2.15. The monoisotopic (exact) mass is 226 g/mol. The molecule has 3 N–H and O–H groups in total. The molecule has 1 aliphatic heterocycles. The maximum atomic E-state index is 11.3. The first-order chi connectivity index (χ1) is 6.98. The van der Waals surface area contributed by atoms with E-state index in [1.54, 1.807) is 6.07 Å². The lowest BCUT2D eigenvalue weighted by molar-refractivity contribution is 0.584. The third-order valence-electron chi connectivity index (χ3n) is 2.61. The van der Waals surface area contributed by atoms with Gasteiger partial charge in [0.05, 0.1) is 5.69 Å². The second-order valence-electron chi connectivity index (χ2n) is 4.03. The first-order valence-corrected chi connectivity index (χ1v) is 6.41. The van der Waals surface area contributed by atoms with Crippen LogP contribution in [0.15, 0.2) is 23.1 Å². The maximum Gasteiger partial charge on any atom is 0.240 e. The number of hydrogen-bond donors (Lipinski definition) is 2. The molecule has 1 aromatic carbocycles. The van der Waals surface area contributed by atoms with Crippen LogP contribution >= 0.6 is 0 Å². The Labute approximate surface area is 89.5 Å². The van der Waals surface area contributed by atoms with Crippen LogP contribution in [-0.4, -0.2) is 15.0 Å². The van der Waals surface area contributed by atoms with Crippen molar-refractivity contribution in [1.29, 1.82) is 0 Å². The van der Waals surface area contributed by atoms with Gasteiger partial charge >= 0.3 is 0 Å². The highest BCUT2D eigenvalue weighted by atomic mass is 32.2. The Bertz CT molecular complexity index is 482. The van der Waals surface area contributed by atoms with E-state index >= 15 is 0 Å². The number of anilines is 1. The van der Waals surface area contributed by atoms with E-state index in [1.807, 2.05) is 6.07 Å². The summed E-state index contributed by atoms with van der Waals surface area (Å²) in [7, 11) is -3.62. The molecule has 1 atom stereocenters. The van der Waals surface area contributed by atoms with Gasteiger partial charge in [0.25, 0.3) is 0 Å². The first kappa shape index (κ1) is 10.4. The van der Waals surface area contributed by atoms with Crippen LogP contribution in [0.4, 0.5) is 5.69 Å². The summed E-state index contributed by atoms with van der Waals surface area (Å²) in [6.45, 7) is 2.92. The molecule has 0 spiro atoms. The van der Waals surface area contributed by atoms with E-state index < -0.39 is 10.0 Å². The molecule has 0 aliphatic carbocycles. The molecule has 0 amide bonds. The smallest absolute Gasteiger partial charge is 0.240 e. The standard InChI is InChI=1S/C10H14N2O2S/c1-7-5-8-3-2-4-9(15(11,13)14)10(8)12-6-7/h2-4,7,12H,5-6H2,1H3,(H2,11,13,14)/t7-/m0/s1. The largest absolute Gasteiger partial charge is 0.383 e. The number of para-hydroxylation sites is 1. The number of benzene rings is 1. The molecule has 0 aromatic heterocycles. The Morgan fingerprint density at radius 3 is 2.87 bits per heavy atom. The number of nitrogens with one attached hydrogen (secondary N) is 1. The lowest BCUT2D eigenvalue weighted by Crippen LogP contribution is -2.24. The molecule has 0 unspecified atom stereocenters. The summed E-state index contributed by atoms with van der Waals surface area (Å²) in [6.07, 6.45) is 0.895. The van der Waals surface area contributed by atoms with E-state index in [0.29, 0.717) is 11.6 Å². The second-order valence-corrected chi connectivity index (χ2v) is 5.56. The van der Waals surface area contributed by atoms with Crippen LogP contribution < -0.4 is 10.5 Å². The minimum Gasteiger partial charge on any atom is -0.383 e. The highest BCUT2D eigenvalue weighted by Crippen LogP contribution is 2.30. The molecular weight excluding hydrogens is 212 g/mol. The summed E-state index contributed by atoms with van der Waals surface area (Å²) in [5, 5.41) is 8.28. The molecule has 15 heavy (non-hydrogen) atoms. The number of hydrogen-bond acceptors (Lipinski definition) is 3. The van der Waals surface area contributed by atoms with Crippen molar-refractivity contribution in [3.05, 3.63) is 23.8 Å². The molecule has 0 bridgehead atoms. The fourth-order valence-electron chi connectivity index (χ4n) is 1.91. The zero-order valence-electron chi connectivity index (χ0n) is 8.53. The van der Waals surface area contributed by atoms with Gasteiger partial charge < -0.3 is 5.32 Å². The lowest BCUT2D eigenvalue weighted by Gasteiger charge is -2.24. The van der Waals surface area contributed by atoms with E-state index in [2.05, 4.69) is 12.2 Å². The van der Waals surface area contributed by atoms with Crippen molar-refractivity contribution in [1.82, 2.24) is 0 Å². The summed E-state index contributed by atoms with van der Waals surface area (Å²) in [5.41, 5.74) is 1.71. The van der Waals surface area contributed by atoms with Crippen LogP contribution in [0.1, 0.15) is 12.5 Å². The van der Waals surface area contributed by atoms with Crippen molar-refractivity contribution >= 4 is 15.7 Å². The summed E-state index contributed by atoms with van der Waals surface area (Å²) in [6, 6.07) is 5.21. The van der Waals surface area contributed by atoms with Gasteiger partial charge in [-0.2, -0.15) is 0 Å². The van der Waals surface area contributed by atoms with Crippen LogP contribution in [0.2, 0.25) is 0 Å². The fraction of sp³-hybridized carbons (Fsp3) is 0.400. The summed E-state index contributed by atoms with van der Waals surface area (Å²) in [4.78, 5) is 0.201. The number of primary sulfonamides is 1. The predicted octanol–water partition coefficient (Wildman–Crippen LogP) is 0.938. The Kier molecular flexibility index (Phi) is 2.44. The third-order valence-corrected chi connectivity index (χ3v) is 3.57. The zero-order valence-corrected chi connectivity index (χ0v) is 9.34. The zero-order chi connectivity index (χ0) is 11.1. The van der Waals surface area contributed by atoms with Gasteiger partial charge in [0.15, 0.2) is 0 Å². The Morgan fingerprint density at radius 1 is 1.47 bits per heavy atom. The van der Waals surface area contributed by atoms with Crippen LogP contribution in [0.3, 0.4) is 0 Å². The van der Waals surface area contributed by atoms with Crippen LogP contribution in [0.5, 0.6) is 0 Å². The normalized spacial score (nSPS) is 20.5. The Morgan fingerprint density at radius 2 is 2.20 bits per heavy atom. The van der Waals surface area contributed by atoms with Crippen molar-refractivity contribution < 1.29 is 8.42 Å². The molecule has 4 nitrogen and oxygen atoms in total. The van der Waals surface area contributed by atoms with Crippen molar-refractivity contribution in [2.24, 2.45) is 11.1 Å². The van der Waals surface area contributed by atoms with Crippen LogP contribution in [-0.2, 0) is 16.4 Å². The SMILES string of the molecule is C[C@@H]1CNc2c(cccc2S(N)(=O)=O)C1. The summed E-state index contributed by atoms with van der Waals surface area (Å²) in [5.74, 6) is 0.522. The predicted molar refractivity (Wildman–Crippen MR) is 59.2 cm³/mol. The minimum absolute atomic E-state index is 0.201. The quantitative estimate of drug-likeness (QED) is 0.748. The minimum atomic E-state index is -3.62. The number of sulfonamides is 1. The molecule has 0 radical (unpaired) electrons. The van der Waals surface area contributed by atoms with Gasteiger partial charge in [0.2, 0.25) is 10.0 Å². The van der Waals surface area contributed by atoms with Crippen molar-refractivity contribution in [2.75, 3.05) is 11.9 Å².